The molecule has 126 valence electrons. The molecule has 4 nitrogen and oxygen atoms in total. The molecule has 0 fully saturated rings. The molecule has 2 rings (SSSR count). The first-order valence-corrected chi connectivity index (χ1v) is 9.68. The lowest BCUT2D eigenvalue weighted by Crippen LogP contribution is -2.21. The summed E-state index contributed by atoms with van der Waals surface area (Å²) in [5.74, 6) is 0.0151. The van der Waals surface area contributed by atoms with Gasteiger partial charge in [-0.25, -0.2) is 4.79 Å². The van der Waals surface area contributed by atoms with Crippen molar-refractivity contribution in [2.75, 3.05) is 23.9 Å². The molecule has 0 bridgehead atoms. The van der Waals surface area contributed by atoms with Crippen LogP contribution in [0.4, 0.5) is 5.69 Å². The van der Waals surface area contributed by atoms with Gasteiger partial charge in [-0.05, 0) is 36.3 Å². The van der Waals surface area contributed by atoms with Gasteiger partial charge in [-0.3, -0.25) is 4.79 Å². The fourth-order valence-corrected chi connectivity index (χ4v) is 3.41. The summed E-state index contributed by atoms with van der Waals surface area (Å²) < 4.78 is 5.15. The Labute approximate surface area is 150 Å². The fourth-order valence-electron chi connectivity index (χ4n) is 2.06. The Balaban J connectivity index is 1.95. The summed E-state index contributed by atoms with van der Waals surface area (Å²) in [6.45, 7) is 1.70. The van der Waals surface area contributed by atoms with Gasteiger partial charge in [0.05, 0.1) is 11.3 Å². The Morgan fingerprint density at radius 3 is 2.42 bits per heavy atom. The number of thioether (sulfide) groups is 2. The number of nitrogens with one attached hydrogen (secondary N) is 1. The maximum Gasteiger partial charge on any atom is 0.339 e. The summed E-state index contributed by atoms with van der Waals surface area (Å²) in [6.07, 6.45) is 1.94. The Morgan fingerprint density at radius 1 is 1.04 bits per heavy atom. The van der Waals surface area contributed by atoms with Gasteiger partial charge < -0.3 is 10.1 Å². The first-order valence-electron chi connectivity index (χ1n) is 7.47. The van der Waals surface area contributed by atoms with E-state index in [0.29, 0.717) is 11.3 Å². The number of anilines is 1. The molecule has 0 saturated carbocycles. The lowest BCUT2D eigenvalue weighted by molar-refractivity contribution is -0.119. The second kappa shape index (κ2) is 9.39. The molecular weight excluding hydrogens is 342 g/mol. The number of rotatable bonds is 7. The predicted octanol–water partition coefficient (Wildman–Crippen LogP) is 4.32. The van der Waals surface area contributed by atoms with Crippen molar-refractivity contribution >= 4 is 41.1 Å². The summed E-state index contributed by atoms with van der Waals surface area (Å²) in [4.78, 5) is 26.0. The molecule has 6 heteroatoms. The van der Waals surface area contributed by atoms with Crippen molar-refractivity contribution in [2.24, 2.45) is 0 Å². The van der Waals surface area contributed by atoms with E-state index in [-0.39, 0.29) is 12.5 Å². The first-order chi connectivity index (χ1) is 11.7. The normalized spacial score (nSPS) is 10.2. The highest BCUT2D eigenvalue weighted by Crippen LogP contribution is 2.25. The minimum atomic E-state index is -0.486. The van der Waals surface area contributed by atoms with E-state index in [1.807, 2.05) is 49.6 Å². The minimum absolute atomic E-state index is 0.313. The number of benzene rings is 2. The molecule has 0 aliphatic carbocycles. The van der Waals surface area contributed by atoms with Crippen molar-refractivity contribution in [1.82, 2.24) is 0 Å². The maximum absolute atomic E-state index is 12.2. The summed E-state index contributed by atoms with van der Waals surface area (Å²) >= 11 is 3.11. The maximum atomic E-state index is 12.2. The van der Waals surface area contributed by atoms with Gasteiger partial charge in [0, 0.05) is 9.79 Å². The summed E-state index contributed by atoms with van der Waals surface area (Å²) in [6, 6.07) is 14.7. The summed E-state index contributed by atoms with van der Waals surface area (Å²) in [7, 11) is 0. The Bertz CT molecular complexity index is 719. The number of para-hydroxylation sites is 1. The van der Waals surface area contributed by atoms with Gasteiger partial charge in [0.25, 0.3) is 5.91 Å². The van der Waals surface area contributed by atoms with Crippen LogP contribution in [0.25, 0.3) is 0 Å². The van der Waals surface area contributed by atoms with Gasteiger partial charge in [0.1, 0.15) is 0 Å². The molecule has 0 heterocycles. The van der Waals surface area contributed by atoms with E-state index in [2.05, 4.69) is 5.32 Å². The summed E-state index contributed by atoms with van der Waals surface area (Å²) in [5.41, 5.74) is 1.20. The third-order valence-electron chi connectivity index (χ3n) is 3.12. The first kappa shape index (κ1) is 18.4. The van der Waals surface area contributed by atoms with E-state index in [4.69, 9.17) is 4.74 Å². The molecule has 1 N–H and O–H groups in total. The molecule has 0 spiro atoms. The third kappa shape index (κ3) is 5.04. The largest absolute Gasteiger partial charge is 0.452 e. The van der Waals surface area contributed by atoms with E-state index >= 15 is 0 Å². The van der Waals surface area contributed by atoms with E-state index in [1.54, 1.807) is 35.7 Å². The fraction of sp³-hybridized carbons (Fsp3) is 0.222. The number of amides is 1. The quantitative estimate of drug-likeness (QED) is 0.588. The van der Waals surface area contributed by atoms with Crippen LogP contribution in [0.5, 0.6) is 0 Å². The van der Waals surface area contributed by atoms with Crippen LogP contribution in [0.3, 0.4) is 0 Å². The van der Waals surface area contributed by atoms with E-state index in [9.17, 15) is 9.59 Å². The molecule has 0 aromatic heterocycles. The van der Waals surface area contributed by atoms with Gasteiger partial charge in [0.15, 0.2) is 6.61 Å². The highest BCUT2D eigenvalue weighted by atomic mass is 32.2. The van der Waals surface area contributed by atoms with E-state index < -0.39 is 5.97 Å². The van der Waals surface area contributed by atoms with E-state index in [0.717, 1.165) is 15.5 Å². The second-order valence-electron chi connectivity index (χ2n) is 4.75. The van der Waals surface area contributed by atoms with Gasteiger partial charge >= 0.3 is 5.97 Å². The molecule has 2 aromatic rings. The van der Waals surface area contributed by atoms with Crippen LogP contribution in [0, 0.1) is 0 Å². The molecule has 0 atom stereocenters. The number of carbonyl (C=O) groups is 2. The highest BCUT2D eigenvalue weighted by Gasteiger charge is 2.14. The second-order valence-corrected chi connectivity index (χ2v) is 6.91. The topological polar surface area (TPSA) is 55.4 Å². The van der Waals surface area contributed by atoms with Crippen molar-refractivity contribution in [1.29, 1.82) is 0 Å². The van der Waals surface area contributed by atoms with Crippen LogP contribution in [-0.2, 0) is 9.53 Å². The van der Waals surface area contributed by atoms with Crippen LogP contribution in [0.1, 0.15) is 17.3 Å². The van der Waals surface area contributed by atoms with Gasteiger partial charge in [0.2, 0.25) is 0 Å². The van der Waals surface area contributed by atoms with Crippen LogP contribution in [-0.4, -0.2) is 30.5 Å². The standard InChI is InChI=1S/C18H19NO3S2/c1-3-24-15-10-6-4-8-13(15)18(21)22-12-17(20)19-14-9-5-7-11-16(14)23-2/h4-11H,3,12H2,1-2H3,(H,19,20). The lowest BCUT2D eigenvalue weighted by Gasteiger charge is -2.11. The van der Waals surface area contributed by atoms with E-state index in [1.165, 1.54) is 0 Å². The van der Waals surface area contributed by atoms with Gasteiger partial charge in [-0.15, -0.1) is 23.5 Å². The van der Waals surface area contributed by atoms with Crippen LogP contribution in [0.15, 0.2) is 58.3 Å². The monoisotopic (exact) mass is 361 g/mol. The number of hydrogen-bond donors (Lipinski definition) is 1. The molecule has 1 amide bonds. The Kier molecular flexibility index (Phi) is 7.21. The molecular formula is C18H19NO3S2. The van der Waals surface area contributed by atoms with Crippen molar-refractivity contribution in [2.45, 2.75) is 16.7 Å². The molecule has 2 aromatic carbocycles. The lowest BCUT2D eigenvalue weighted by atomic mass is 10.2. The van der Waals surface area contributed by atoms with Crippen molar-refractivity contribution in [3.8, 4) is 0 Å². The number of carbonyl (C=O) groups excluding carboxylic acids is 2. The highest BCUT2D eigenvalue weighted by molar-refractivity contribution is 7.99. The molecule has 0 radical (unpaired) electrons. The van der Waals surface area contributed by atoms with Crippen molar-refractivity contribution in [3.63, 3.8) is 0 Å². The average molecular weight is 361 g/mol. The van der Waals surface area contributed by atoms with Crippen LogP contribution < -0.4 is 5.32 Å². The van der Waals surface area contributed by atoms with Crippen LogP contribution in [0.2, 0.25) is 0 Å². The van der Waals surface area contributed by atoms with Crippen molar-refractivity contribution in [3.05, 3.63) is 54.1 Å². The van der Waals surface area contributed by atoms with Gasteiger partial charge in [-0.1, -0.05) is 31.2 Å². The molecule has 0 saturated heterocycles. The minimum Gasteiger partial charge on any atom is -0.452 e. The predicted molar refractivity (Wildman–Crippen MR) is 100.0 cm³/mol. The number of esters is 1. The molecule has 0 aliphatic rings. The zero-order valence-corrected chi connectivity index (χ0v) is 15.2. The summed E-state index contributed by atoms with van der Waals surface area (Å²) in [5, 5.41) is 2.77. The SMILES string of the molecule is CCSc1ccccc1C(=O)OCC(=O)Nc1ccccc1SC. The van der Waals surface area contributed by atoms with Crippen molar-refractivity contribution < 1.29 is 14.3 Å². The van der Waals surface area contributed by atoms with Crippen LogP contribution >= 0.6 is 23.5 Å². The smallest absolute Gasteiger partial charge is 0.339 e. The number of ether oxygens (including phenoxy) is 1. The molecule has 0 aliphatic heterocycles. The zero-order valence-electron chi connectivity index (χ0n) is 13.6. The molecule has 0 unspecified atom stereocenters. The average Bonchev–Trinajstić information content (AvgIpc) is 2.61. The number of hydrogen-bond acceptors (Lipinski definition) is 5. The Hall–Kier alpha value is -1.92. The zero-order chi connectivity index (χ0) is 17.4. The third-order valence-corrected chi connectivity index (χ3v) is 4.87. The Morgan fingerprint density at radius 2 is 1.71 bits per heavy atom. The molecule has 24 heavy (non-hydrogen) atoms. The van der Waals surface area contributed by atoms with Gasteiger partial charge in [-0.2, -0.15) is 0 Å².